The molecule has 1 aliphatic heterocycles. The fraction of sp³-hybridized carbons (Fsp3) is 0.409. The van der Waals surface area contributed by atoms with E-state index in [9.17, 15) is 13.2 Å². The summed E-state index contributed by atoms with van der Waals surface area (Å²) in [7, 11) is 2.10. The standard InChI is InChI=1S/C22H25F3N6/c1-14-16(5-4-6-19(14)22(23,24)25)12-27-21-17-11-20(31-9-7-30(3)8-10-31)26-13-18(17)15(2)28-29-21/h4-6,11,13H,7-10,12H2,1-3H3,(H,27,29). The maximum absolute atomic E-state index is 13.2. The third kappa shape index (κ3) is 4.41. The second kappa shape index (κ2) is 8.30. The highest BCUT2D eigenvalue weighted by atomic mass is 19.4. The summed E-state index contributed by atoms with van der Waals surface area (Å²) in [5.74, 6) is 1.40. The van der Waals surface area contributed by atoms with E-state index in [-0.39, 0.29) is 12.1 Å². The van der Waals surface area contributed by atoms with Gasteiger partial charge in [0.2, 0.25) is 0 Å². The minimum absolute atomic E-state index is 0.215. The number of likely N-dealkylation sites (N-methyl/N-ethyl adjacent to an activating group) is 1. The van der Waals surface area contributed by atoms with Crippen molar-refractivity contribution in [2.24, 2.45) is 0 Å². The van der Waals surface area contributed by atoms with Gasteiger partial charge < -0.3 is 15.1 Å². The van der Waals surface area contributed by atoms with Crippen LogP contribution in [0.3, 0.4) is 0 Å². The fourth-order valence-corrected chi connectivity index (χ4v) is 3.86. The zero-order valence-electron chi connectivity index (χ0n) is 17.8. The number of halogens is 3. The first-order valence-electron chi connectivity index (χ1n) is 10.2. The third-order valence-corrected chi connectivity index (χ3v) is 5.86. The molecular weight excluding hydrogens is 405 g/mol. The smallest absolute Gasteiger partial charge is 0.364 e. The van der Waals surface area contributed by atoms with Gasteiger partial charge in [0.05, 0.1) is 11.3 Å². The molecule has 6 nitrogen and oxygen atoms in total. The molecule has 3 heterocycles. The summed E-state index contributed by atoms with van der Waals surface area (Å²) in [6.07, 6.45) is -2.58. The van der Waals surface area contributed by atoms with Crippen molar-refractivity contribution in [2.45, 2.75) is 26.6 Å². The Kier molecular flexibility index (Phi) is 5.70. The molecule has 2 aromatic heterocycles. The summed E-state index contributed by atoms with van der Waals surface area (Å²) in [5, 5.41) is 13.4. The molecule has 0 aliphatic carbocycles. The topological polar surface area (TPSA) is 57.2 Å². The predicted molar refractivity (Wildman–Crippen MR) is 115 cm³/mol. The normalized spacial score (nSPS) is 15.5. The minimum atomic E-state index is -4.38. The number of fused-ring (bicyclic) bond motifs is 1. The lowest BCUT2D eigenvalue weighted by Crippen LogP contribution is -2.44. The molecule has 31 heavy (non-hydrogen) atoms. The van der Waals surface area contributed by atoms with E-state index in [1.807, 2.05) is 13.0 Å². The summed E-state index contributed by atoms with van der Waals surface area (Å²) in [5.41, 5.74) is 0.923. The van der Waals surface area contributed by atoms with Crippen molar-refractivity contribution in [2.75, 3.05) is 43.4 Å². The molecule has 0 bridgehead atoms. The van der Waals surface area contributed by atoms with Crippen LogP contribution in [0.4, 0.5) is 24.8 Å². The molecule has 1 aromatic carbocycles. The largest absolute Gasteiger partial charge is 0.416 e. The summed E-state index contributed by atoms with van der Waals surface area (Å²) in [4.78, 5) is 9.12. The van der Waals surface area contributed by atoms with Crippen LogP contribution in [0.2, 0.25) is 0 Å². The van der Waals surface area contributed by atoms with Crippen LogP contribution < -0.4 is 10.2 Å². The number of hydrogen-bond donors (Lipinski definition) is 1. The quantitative estimate of drug-likeness (QED) is 0.675. The summed E-state index contributed by atoms with van der Waals surface area (Å²) in [6.45, 7) is 7.29. The van der Waals surface area contributed by atoms with Crippen molar-refractivity contribution >= 4 is 22.4 Å². The summed E-state index contributed by atoms with van der Waals surface area (Å²) < 4.78 is 39.7. The zero-order chi connectivity index (χ0) is 22.2. The van der Waals surface area contributed by atoms with Gasteiger partial charge in [-0.3, -0.25) is 0 Å². The highest BCUT2D eigenvalue weighted by Crippen LogP contribution is 2.33. The van der Waals surface area contributed by atoms with Crippen LogP contribution >= 0.6 is 0 Å². The van der Waals surface area contributed by atoms with Gasteiger partial charge in [-0.25, -0.2) is 4.98 Å². The second-order valence-corrected chi connectivity index (χ2v) is 7.95. The van der Waals surface area contributed by atoms with Crippen LogP contribution in [-0.2, 0) is 12.7 Å². The maximum atomic E-state index is 13.2. The Bertz CT molecular complexity index is 1090. The third-order valence-electron chi connectivity index (χ3n) is 5.86. The van der Waals surface area contributed by atoms with Gasteiger partial charge in [-0.2, -0.15) is 18.3 Å². The summed E-state index contributed by atoms with van der Waals surface area (Å²) in [6, 6.07) is 6.22. The Hall–Kier alpha value is -2.94. The van der Waals surface area contributed by atoms with Gasteiger partial charge in [-0.1, -0.05) is 12.1 Å². The lowest BCUT2D eigenvalue weighted by Gasteiger charge is -2.33. The monoisotopic (exact) mass is 430 g/mol. The van der Waals surface area contributed by atoms with Crippen molar-refractivity contribution < 1.29 is 13.2 Å². The Balaban J connectivity index is 1.64. The number of aromatic nitrogens is 3. The highest BCUT2D eigenvalue weighted by molar-refractivity contribution is 5.94. The van der Waals surface area contributed by atoms with Crippen molar-refractivity contribution in [3.05, 3.63) is 52.8 Å². The number of nitrogens with one attached hydrogen (secondary N) is 1. The van der Waals surface area contributed by atoms with Gasteiger partial charge in [-0.05, 0) is 44.2 Å². The first kappa shape index (κ1) is 21.3. The van der Waals surface area contributed by atoms with Crippen molar-refractivity contribution in [3.8, 4) is 0 Å². The number of aryl methyl sites for hydroxylation is 1. The molecule has 164 valence electrons. The molecule has 9 heteroatoms. The minimum Gasteiger partial charge on any atom is -0.364 e. The average Bonchev–Trinajstić information content (AvgIpc) is 2.73. The fourth-order valence-electron chi connectivity index (χ4n) is 3.86. The van der Waals surface area contributed by atoms with Gasteiger partial charge >= 0.3 is 6.18 Å². The lowest BCUT2D eigenvalue weighted by atomic mass is 10.0. The lowest BCUT2D eigenvalue weighted by molar-refractivity contribution is -0.138. The van der Waals surface area contributed by atoms with E-state index in [1.165, 1.54) is 13.0 Å². The van der Waals surface area contributed by atoms with Crippen LogP contribution in [0.25, 0.3) is 10.8 Å². The maximum Gasteiger partial charge on any atom is 0.416 e. The number of rotatable bonds is 4. The van der Waals surface area contributed by atoms with Gasteiger partial charge in [0, 0.05) is 49.7 Å². The second-order valence-electron chi connectivity index (χ2n) is 7.95. The van der Waals surface area contributed by atoms with Crippen LogP contribution in [0, 0.1) is 13.8 Å². The number of pyridine rings is 1. The Morgan fingerprint density at radius 2 is 1.77 bits per heavy atom. The molecule has 0 unspecified atom stereocenters. The SMILES string of the molecule is Cc1c(CNc2nnc(C)c3cnc(N4CCN(C)CC4)cc23)cccc1C(F)(F)F. The van der Waals surface area contributed by atoms with Gasteiger partial charge in [0.1, 0.15) is 5.82 Å². The van der Waals surface area contributed by atoms with Crippen LogP contribution in [-0.4, -0.2) is 53.3 Å². The highest BCUT2D eigenvalue weighted by Gasteiger charge is 2.32. The van der Waals surface area contributed by atoms with Gasteiger partial charge in [-0.15, -0.1) is 5.10 Å². The number of nitrogens with zero attached hydrogens (tertiary/aromatic N) is 5. The summed E-state index contributed by atoms with van der Waals surface area (Å²) >= 11 is 0. The molecule has 1 saturated heterocycles. The average molecular weight is 430 g/mol. The Labute approximate surface area is 179 Å². The molecule has 0 spiro atoms. The molecule has 0 radical (unpaired) electrons. The first-order chi connectivity index (χ1) is 14.7. The molecule has 1 aliphatic rings. The van der Waals surface area contributed by atoms with E-state index < -0.39 is 11.7 Å². The number of hydrogen-bond acceptors (Lipinski definition) is 6. The molecule has 4 rings (SSSR count). The Morgan fingerprint density at radius 3 is 2.48 bits per heavy atom. The number of piperazine rings is 1. The van der Waals surface area contributed by atoms with Crippen LogP contribution in [0.5, 0.6) is 0 Å². The van der Waals surface area contributed by atoms with E-state index in [2.05, 4.69) is 37.3 Å². The van der Waals surface area contributed by atoms with Crippen molar-refractivity contribution in [3.63, 3.8) is 0 Å². The van der Waals surface area contributed by atoms with E-state index in [4.69, 9.17) is 0 Å². The molecule has 0 atom stereocenters. The number of anilines is 2. The van der Waals surface area contributed by atoms with E-state index in [0.717, 1.165) is 54.5 Å². The van der Waals surface area contributed by atoms with E-state index in [1.54, 1.807) is 12.3 Å². The van der Waals surface area contributed by atoms with Gasteiger partial charge in [0.25, 0.3) is 0 Å². The molecule has 3 aromatic rings. The van der Waals surface area contributed by atoms with Crippen molar-refractivity contribution in [1.29, 1.82) is 0 Å². The van der Waals surface area contributed by atoms with E-state index in [0.29, 0.717) is 11.4 Å². The molecule has 0 saturated carbocycles. The number of alkyl halides is 3. The molecule has 1 N–H and O–H groups in total. The van der Waals surface area contributed by atoms with Crippen LogP contribution in [0.1, 0.15) is 22.4 Å². The van der Waals surface area contributed by atoms with Crippen LogP contribution in [0.15, 0.2) is 30.5 Å². The molecule has 1 fully saturated rings. The predicted octanol–water partition coefficient (Wildman–Crippen LogP) is 4.02. The molecule has 0 amide bonds. The first-order valence-corrected chi connectivity index (χ1v) is 10.2. The van der Waals surface area contributed by atoms with E-state index >= 15 is 0 Å². The zero-order valence-corrected chi connectivity index (χ0v) is 17.8. The van der Waals surface area contributed by atoms with Crippen molar-refractivity contribution in [1.82, 2.24) is 20.1 Å². The van der Waals surface area contributed by atoms with Gasteiger partial charge in [0.15, 0.2) is 5.82 Å². The Morgan fingerprint density at radius 1 is 1.03 bits per heavy atom. The number of benzene rings is 1. The molecular formula is C22H25F3N6.